The van der Waals surface area contributed by atoms with Crippen LogP contribution in [0.2, 0.25) is 18.1 Å². The van der Waals surface area contributed by atoms with Crippen molar-refractivity contribution in [3.63, 3.8) is 0 Å². The lowest BCUT2D eigenvalue weighted by Gasteiger charge is -2.35. The smallest absolute Gasteiger partial charge is 0.410 e. The summed E-state index contributed by atoms with van der Waals surface area (Å²) in [4.78, 5) is 22.3. The molecule has 2 aliphatic rings. The van der Waals surface area contributed by atoms with E-state index in [4.69, 9.17) is 9.41 Å². The molecule has 2 atom stereocenters. The van der Waals surface area contributed by atoms with Gasteiger partial charge in [0, 0.05) is 36.3 Å². The molecule has 1 unspecified atom stereocenters. The Kier molecular flexibility index (Phi) is 9.65. The van der Waals surface area contributed by atoms with Crippen LogP contribution in [0, 0.1) is 18.8 Å². The summed E-state index contributed by atoms with van der Waals surface area (Å²) in [6.07, 6.45) is 3.83. The number of likely N-dealkylation sites (tertiary alicyclic amines) is 1. The van der Waals surface area contributed by atoms with Crippen LogP contribution >= 0.6 is 11.3 Å². The molecule has 48 heavy (non-hydrogen) atoms. The molecule has 1 aliphatic carbocycles. The Morgan fingerprint density at radius 2 is 1.83 bits per heavy atom. The zero-order valence-corrected chi connectivity index (χ0v) is 31.1. The van der Waals surface area contributed by atoms with Crippen LogP contribution in [0.25, 0.3) is 11.2 Å². The predicted octanol–water partition coefficient (Wildman–Crippen LogP) is 9.56. The Morgan fingerprint density at radius 3 is 2.48 bits per heavy atom. The van der Waals surface area contributed by atoms with Gasteiger partial charge in [-0.05, 0) is 98.4 Å². The van der Waals surface area contributed by atoms with E-state index in [1.807, 2.05) is 12.1 Å². The number of thiazole rings is 1. The van der Waals surface area contributed by atoms with E-state index in [-0.39, 0.29) is 16.5 Å². The summed E-state index contributed by atoms with van der Waals surface area (Å²) in [5.41, 5.74) is 1.70. The first-order valence-electron chi connectivity index (χ1n) is 17.3. The van der Waals surface area contributed by atoms with Gasteiger partial charge in [0.15, 0.2) is 8.32 Å². The van der Waals surface area contributed by atoms with Gasteiger partial charge in [-0.1, -0.05) is 46.2 Å². The number of aromatic nitrogens is 3. The molecule has 6 nitrogen and oxygen atoms in total. The molecular formula is C37H49F3N4O2SSi. The maximum atomic E-state index is 14.4. The molecule has 1 saturated carbocycles. The van der Waals surface area contributed by atoms with Crippen LogP contribution in [0.4, 0.5) is 13.2 Å². The number of aryl methyl sites for hydroxylation is 1. The Balaban J connectivity index is 1.35. The van der Waals surface area contributed by atoms with E-state index < -0.39 is 25.7 Å². The number of imidazole rings is 1. The summed E-state index contributed by atoms with van der Waals surface area (Å²) in [5.74, 6) is 0.949. The molecule has 0 spiro atoms. The van der Waals surface area contributed by atoms with Crippen LogP contribution in [-0.4, -0.2) is 40.3 Å². The lowest BCUT2D eigenvalue weighted by Crippen LogP contribution is -2.40. The molecule has 0 radical (unpaired) electrons. The minimum absolute atomic E-state index is 0.0357. The van der Waals surface area contributed by atoms with Crippen molar-refractivity contribution >= 4 is 25.2 Å². The van der Waals surface area contributed by atoms with Gasteiger partial charge in [0.2, 0.25) is 0 Å². The number of fused-ring (bicyclic) bond motifs is 1. The highest BCUT2D eigenvalue weighted by molar-refractivity contribution is 7.11. The molecule has 1 saturated heterocycles. The molecule has 6 rings (SSSR count). The van der Waals surface area contributed by atoms with Gasteiger partial charge in [0.25, 0.3) is 0 Å². The summed E-state index contributed by atoms with van der Waals surface area (Å²) in [7, 11) is -1.94. The first-order valence-corrected chi connectivity index (χ1v) is 21.0. The zero-order chi connectivity index (χ0) is 34.6. The van der Waals surface area contributed by atoms with Crippen molar-refractivity contribution in [1.82, 2.24) is 18.9 Å². The zero-order valence-electron chi connectivity index (χ0n) is 29.3. The Labute approximate surface area is 287 Å². The molecule has 0 N–H and O–H groups in total. The molecule has 4 aromatic rings. The van der Waals surface area contributed by atoms with Gasteiger partial charge in [-0.15, -0.1) is 11.3 Å². The quantitative estimate of drug-likeness (QED) is 0.164. The van der Waals surface area contributed by atoms with Crippen LogP contribution in [0.1, 0.15) is 98.0 Å². The van der Waals surface area contributed by atoms with Gasteiger partial charge >= 0.3 is 11.9 Å². The highest BCUT2D eigenvalue weighted by Crippen LogP contribution is 2.45. The number of halogens is 3. The molecule has 0 bridgehead atoms. The number of benzene rings is 1. The second-order valence-corrected chi connectivity index (χ2v) is 21.7. The Morgan fingerprint density at radius 1 is 1.08 bits per heavy atom. The molecule has 0 amide bonds. The van der Waals surface area contributed by atoms with E-state index in [1.165, 1.54) is 21.2 Å². The van der Waals surface area contributed by atoms with Gasteiger partial charge in [0.05, 0.1) is 29.1 Å². The largest absolute Gasteiger partial charge is 0.418 e. The summed E-state index contributed by atoms with van der Waals surface area (Å²) in [6, 6.07) is 8.97. The van der Waals surface area contributed by atoms with E-state index in [1.54, 1.807) is 23.6 Å². The summed E-state index contributed by atoms with van der Waals surface area (Å²) in [6.45, 7) is 18.0. The molecule has 3 aromatic heterocycles. The van der Waals surface area contributed by atoms with Gasteiger partial charge < -0.3 is 4.43 Å². The third-order valence-corrected chi connectivity index (χ3v) is 16.4. The van der Waals surface area contributed by atoms with E-state index in [0.717, 1.165) is 66.3 Å². The fourth-order valence-electron chi connectivity index (χ4n) is 7.00. The predicted molar refractivity (Wildman–Crippen MR) is 190 cm³/mol. The van der Waals surface area contributed by atoms with Crippen molar-refractivity contribution in [3.05, 3.63) is 85.5 Å². The number of rotatable bonds is 9. The summed E-state index contributed by atoms with van der Waals surface area (Å²) >= 11 is 1.68. The van der Waals surface area contributed by atoms with Crippen molar-refractivity contribution in [2.75, 3.05) is 13.1 Å². The topological polar surface area (TPSA) is 51.8 Å². The maximum absolute atomic E-state index is 14.4. The molecule has 11 heteroatoms. The van der Waals surface area contributed by atoms with Gasteiger partial charge in [0.1, 0.15) is 5.01 Å². The molecular weight excluding hydrogens is 650 g/mol. The van der Waals surface area contributed by atoms with Crippen molar-refractivity contribution in [2.24, 2.45) is 11.8 Å². The molecule has 260 valence electrons. The number of alkyl halides is 3. The van der Waals surface area contributed by atoms with Crippen LogP contribution in [0.5, 0.6) is 0 Å². The molecule has 2 fully saturated rings. The number of pyridine rings is 1. The highest BCUT2D eigenvalue weighted by atomic mass is 32.1. The lowest BCUT2D eigenvalue weighted by molar-refractivity contribution is -0.136. The first-order chi connectivity index (χ1) is 22.5. The summed E-state index contributed by atoms with van der Waals surface area (Å²) in [5, 5.41) is 1.07. The number of nitrogens with zero attached hydrogens (tertiary/aromatic N) is 4. The van der Waals surface area contributed by atoms with E-state index in [2.05, 4.69) is 58.7 Å². The minimum Gasteiger partial charge on any atom is -0.410 e. The SMILES string of the molecule is Cc1sc(CO[Si](C)(C)C(C)(C)C)nc1C(c1cccc(-n2cc3c(C(F)(F)F)cc(CN4CCC[C@H](C)C4)cn3c2=O)c1)C1CCC1. The van der Waals surface area contributed by atoms with Crippen molar-refractivity contribution in [2.45, 2.75) is 110 Å². The standard InChI is InChI=1S/C37H49F3N4O2SSi/c1-24-11-10-16-42(19-24)20-26-17-30(37(38,39)40)31-22-43(35(45)44(31)21-26)29-15-9-14-28(18-29)33(27-12-8-13-27)34-25(2)47-32(41-34)23-46-48(6,7)36(3,4)5/h9,14-15,17-18,21-22,24,27,33H,8,10-13,16,19-20,23H2,1-7H3/t24-,33?/m0/s1. The monoisotopic (exact) mass is 698 g/mol. The van der Waals surface area contributed by atoms with E-state index in [0.29, 0.717) is 36.2 Å². The fourth-order valence-corrected chi connectivity index (χ4v) is 8.93. The summed E-state index contributed by atoms with van der Waals surface area (Å²) < 4.78 is 52.4. The van der Waals surface area contributed by atoms with Crippen molar-refractivity contribution < 1.29 is 17.6 Å². The van der Waals surface area contributed by atoms with Crippen LogP contribution in [-0.2, 0) is 23.8 Å². The number of hydrogen-bond donors (Lipinski definition) is 0. The third-order valence-electron chi connectivity index (χ3n) is 10.9. The van der Waals surface area contributed by atoms with Gasteiger partial charge in [-0.25, -0.2) is 9.78 Å². The fraction of sp³-hybridized carbons (Fsp3) is 0.568. The van der Waals surface area contributed by atoms with Gasteiger partial charge in [-0.3, -0.25) is 13.9 Å². The normalized spacial score (nSPS) is 19.2. The van der Waals surface area contributed by atoms with Crippen molar-refractivity contribution in [3.8, 4) is 5.69 Å². The third kappa shape index (κ3) is 7.11. The lowest BCUT2D eigenvalue weighted by atomic mass is 9.71. The first kappa shape index (κ1) is 35.1. The Bertz CT molecular complexity index is 1830. The van der Waals surface area contributed by atoms with E-state index in [9.17, 15) is 18.0 Å². The number of piperidine rings is 1. The number of hydrogen-bond acceptors (Lipinski definition) is 5. The molecule has 1 aliphatic heterocycles. The minimum atomic E-state index is -4.60. The van der Waals surface area contributed by atoms with Crippen LogP contribution < -0.4 is 5.69 Å². The Hall–Kier alpha value is -2.73. The average Bonchev–Trinajstić information content (AvgIpc) is 3.51. The molecule has 4 heterocycles. The van der Waals surface area contributed by atoms with Gasteiger partial charge in [-0.2, -0.15) is 13.2 Å². The second kappa shape index (κ2) is 13.2. The molecule has 1 aromatic carbocycles. The van der Waals surface area contributed by atoms with Crippen LogP contribution in [0.3, 0.4) is 0 Å². The second-order valence-electron chi connectivity index (χ2n) is 15.6. The van der Waals surface area contributed by atoms with Crippen LogP contribution in [0.15, 0.2) is 47.5 Å². The van der Waals surface area contributed by atoms with E-state index >= 15 is 0 Å². The van der Waals surface area contributed by atoms with Crippen molar-refractivity contribution in [1.29, 1.82) is 0 Å². The maximum Gasteiger partial charge on any atom is 0.418 e. The average molecular weight is 699 g/mol. The highest BCUT2D eigenvalue weighted by Gasteiger charge is 2.38.